The van der Waals surface area contributed by atoms with Gasteiger partial charge in [-0.1, -0.05) is 23.7 Å². The first-order chi connectivity index (χ1) is 12.4. The summed E-state index contributed by atoms with van der Waals surface area (Å²) < 4.78 is 0. The average Bonchev–Trinajstić information content (AvgIpc) is 2.63. The van der Waals surface area contributed by atoms with Crippen molar-refractivity contribution < 1.29 is 9.59 Å². The Morgan fingerprint density at radius 1 is 1.00 bits per heavy atom. The summed E-state index contributed by atoms with van der Waals surface area (Å²) in [5, 5.41) is 0.638. The van der Waals surface area contributed by atoms with Gasteiger partial charge in [-0.15, -0.1) is 0 Å². The second kappa shape index (κ2) is 7.74. The monoisotopic (exact) mass is 373 g/mol. The largest absolute Gasteiger partial charge is 0.339 e. The van der Waals surface area contributed by atoms with Gasteiger partial charge >= 0.3 is 0 Å². The number of aryl methyl sites for hydroxylation is 1. The number of aromatic amines is 1. The molecule has 0 atom stereocenters. The number of halogens is 1. The van der Waals surface area contributed by atoms with Crippen molar-refractivity contribution in [3.05, 3.63) is 68.6 Å². The molecule has 0 bridgehead atoms. The van der Waals surface area contributed by atoms with Gasteiger partial charge in [-0.25, -0.2) is 0 Å². The molecule has 136 valence electrons. The Balaban J connectivity index is 1.58. The standard InChI is InChI=1S/C19H20ClN3O3/c1-13-2-7-16(18(25)21-13)19(26)23-10-8-22(9-11-23)17(24)12-14-3-5-15(20)6-4-14/h2-7H,8-12H2,1H3,(H,21,25). The summed E-state index contributed by atoms with van der Waals surface area (Å²) in [6.45, 7) is 3.52. The summed E-state index contributed by atoms with van der Waals surface area (Å²) in [5.41, 5.74) is 1.38. The van der Waals surface area contributed by atoms with Crippen molar-refractivity contribution in [3.8, 4) is 0 Å². The van der Waals surface area contributed by atoms with E-state index in [9.17, 15) is 14.4 Å². The molecule has 6 nitrogen and oxygen atoms in total. The average molecular weight is 374 g/mol. The minimum atomic E-state index is -0.378. The molecule has 1 aliphatic heterocycles. The first kappa shape index (κ1) is 18.2. The minimum Gasteiger partial charge on any atom is -0.339 e. The molecular weight excluding hydrogens is 354 g/mol. The van der Waals surface area contributed by atoms with Crippen molar-refractivity contribution in [2.45, 2.75) is 13.3 Å². The van der Waals surface area contributed by atoms with Crippen LogP contribution in [0.15, 0.2) is 41.2 Å². The van der Waals surface area contributed by atoms with E-state index in [4.69, 9.17) is 11.6 Å². The van der Waals surface area contributed by atoms with Crippen LogP contribution in [0.2, 0.25) is 5.02 Å². The van der Waals surface area contributed by atoms with E-state index in [0.717, 1.165) is 5.56 Å². The van der Waals surface area contributed by atoms with E-state index in [2.05, 4.69) is 4.98 Å². The fourth-order valence-electron chi connectivity index (χ4n) is 2.96. The predicted molar refractivity (Wildman–Crippen MR) is 99.4 cm³/mol. The lowest BCUT2D eigenvalue weighted by Crippen LogP contribution is -2.51. The van der Waals surface area contributed by atoms with Crippen LogP contribution in [-0.2, 0) is 11.2 Å². The molecule has 26 heavy (non-hydrogen) atoms. The number of hydrogen-bond donors (Lipinski definition) is 1. The van der Waals surface area contributed by atoms with Crippen molar-refractivity contribution >= 4 is 23.4 Å². The normalized spacial score (nSPS) is 14.4. The highest BCUT2D eigenvalue weighted by Gasteiger charge is 2.26. The Morgan fingerprint density at radius 2 is 1.62 bits per heavy atom. The molecule has 0 unspecified atom stereocenters. The van der Waals surface area contributed by atoms with Gasteiger partial charge in [0.2, 0.25) is 5.91 Å². The van der Waals surface area contributed by atoms with Crippen molar-refractivity contribution in [3.63, 3.8) is 0 Å². The number of aromatic nitrogens is 1. The van der Waals surface area contributed by atoms with Gasteiger partial charge in [0, 0.05) is 36.9 Å². The second-order valence-electron chi connectivity index (χ2n) is 6.36. The minimum absolute atomic E-state index is 0.0209. The van der Waals surface area contributed by atoms with Crippen LogP contribution in [0.3, 0.4) is 0 Å². The number of benzene rings is 1. The molecule has 0 radical (unpaired) electrons. The van der Waals surface area contributed by atoms with Crippen LogP contribution in [0.5, 0.6) is 0 Å². The molecule has 1 N–H and O–H groups in total. The van der Waals surface area contributed by atoms with Gasteiger partial charge in [0.25, 0.3) is 11.5 Å². The molecular formula is C19H20ClN3O3. The number of carbonyl (C=O) groups is 2. The fraction of sp³-hybridized carbons (Fsp3) is 0.316. The van der Waals surface area contributed by atoms with Gasteiger partial charge < -0.3 is 14.8 Å². The lowest BCUT2D eigenvalue weighted by atomic mass is 10.1. The summed E-state index contributed by atoms with van der Waals surface area (Å²) in [7, 11) is 0. The molecule has 1 aliphatic rings. The lowest BCUT2D eigenvalue weighted by molar-refractivity contribution is -0.131. The van der Waals surface area contributed by atoms with Gasteiger partial charge in [0.05, 0.1) is 6.42 Å². The van der Waals surface area contributed by atoms with Crippen molar-refractivity contribution in [1.29, 1.82) is 0 Å². The number of rotatable bonds is 3. The second-order valence-corrected chi connectivity index (χ2v) is 6.80. The molecule has 3 rings (SSSR count). The van der Waals surface area contributed by atoms with Gasteiger partial charge in [-0.05, 0) is 36.8 Å². The molecule has 2 amide bonds. The molecule has 0 aliphatic carbocycles. The van der Waals surface area contributed by atoms with Gasteiger partial charge in [0.1, 0.15) is 5.56 Å². The maximum absolute atomic E-state index is 12.5. The first-order valence-corrected chi connectivity index (χ1v) is 8.83. The lowest BCUT2D eigenvalue weighted by Gasteiger charge is -2.34. The molecule has 1 aromatic heterocycles. The van der Waals surface area contributed by atoms with E-state index >= 15 is 0 Å². The number of amides is 2. The number of nitrogens with zero attached hydrogens (tertiary/aromatic N) is 2. The number of pyridine rings is 1. The number of piperazine rings is 1. The Labute approximate surface area is 156 Å². The third kappa shape index (κ3) is 4.14. The van der Waals surface area contributed by atoms with Gasteiger partial charge in [-0.2, -0.15) is 0 Å². The highest BCUT2D eigenvalue weighted by atomic mass is 35.5. The first-order valence-electron chi connectivity index (χ1n) is 8.45. The molecule has 0 saturated carbocycles. The van der Waals surface area contributed by atoms with E-state index in [1.807, 2.05) is 12.1 Å². The molecule has 2 aromatic rings. The van der Waals surface area contributed by atoms with E-state index in [-0.39, 0.29) is 22.9 Å². The number of nitrogens with one attached hydrogen (secondary N) is 1. The number of H-pyrrole nitrogens is 1. The van der Waals surface area contributed by atoms with Crippen LogP contribution in [0.1, 0.15) is 21.6 Å². The molecule has 0 spiro atoms. The maximum Gasteiger partial charge on any atom is 0.260 e. The Hall–Kier alpha value is -2.60. The summed E-state index contributed by atoms with van der Waals surface area (Å²) in [4.78, 5) is 42.9. The van der Waals surface area contributed by atoms with E-state index in [1.54, 1.807) is 41.0 Å². The zero-order valence-electron chi connectivity index (χ0n) is 14.5. The van der Waals surface area contributed by atoms with Crippen LogP contribution < -0.4 is 5.56 Å². The van der Waals surface area contributed by atoms with Gasteiger partial charge in [0.15, 0.2) is 0 Å². The zero-order chi connectivity index (χ0) is 18.7. The SMILES string of the molecule is Cc1ccc(C(=O)N2CCN(C(=O)Cc3ccc(Cl)cc3)CC2)c(=O)[nH]1. The number of carbonyl (C=O) groups excluding carboxylic acids is 2. The van der Waals surface area contributed by atoms with Crippen LogP contribution in [0.4, 0.5) is 0 Å². The van der Waals surface area contributed by atoms with Gasteiger partial charge in [-0.3, -0.25) is 14.4 Å². The van der Waals surface area contributed by atoms with Crippen molar-refractivity contribution in [2.75, 3.05) is 26.2 Å². The third-order valence-electron chi connectivity index (χ3n) is 4.47. The quantitative estimate of drug-likeness (QED) is 0.892. The molecule has 2 heterocycles. The molecule has 1 aromatic carbocycles. The smallest absolute Gasteiger partial charge is 0.260 e. The zero-order valence-corrected chi connectivity index (χ0v) is 15.3. The fourth-order valence-corrected chi connectivity index (χ4v) is 3.08. The Bertz CT molecular complexity index is 868. The molecule has 1 fully saturated rings. The summed E-state index contributed by atoms with van der Waals surface area (Å²) in [6.07, 6.45) is 0.308. The topological polar surface area (TPSA) is 73.5 Å². The third-order valence-corrected chi connectivity index (χ3v) is 4.73. The molecule has 7 heteroatoms. The van der Waals surface area contributed by atoms with Crippen molar-refractivity contribution in [2.24, 2.45) is 0 Å². The van der Waals surface area contributed by atoms with Crippen LogP contribution in [0.25, 0.3) is 0 Å². The summed E-state index contributed by atoms with van der Waals surface area (Å²) >= 11 is 5.86. The Morgan fingerprint density at radius 3 is 2.23 bits per heavy atom. The highest BCUT2D eigenvalue weighted by Crippen LogP contribution is 2.12. The van der Waals surface area contributed by atoms with E-state index in [1.165, 1.54) is 0 Å². The summed E-state index contributed by atoms with van der Waals surface area (Å²) in [6, 6.07) is 10.5. The maximum atomic E-state index is 12.5. The van der Waals surface area contributed by atoms with Crippen LogP contribution >= 0.6 is 11.6 Å². The highest BCUT2D eigenvalue weighted by molar-refractivity contribution is 6.30. The predicted octanol–water partition coefficient (Wildman–Crippen LogP) is 1.86. The van der Waals surface area contributed by atoms with E-state index < -0.39 is 0 Å². The van der Waals surface area contributed by atoms with Crippen LogP contribution in [-0.4, -0.2) is 52.8 Å². The number of hydrogen-bond acceptors (Lipinski definition) is 3. The summed E-state index contributed by atoms with van der Waals surface area (Å²) in [5.74, 6) is -0.274. The molecule has 1 saturated heterocycles. The van der Waals surface area contributed by atoms with Crippen molar-refractivity contribution in [1.82, 2.24) is 14.8 Å². The van der Waals surface area contributed by atoms with E-state index in [0.29, 0.717) is 43.3 Å². The van der Waals surface area contributed by atoms with Crippen LogP contribution in [0, 0.1) is 6.92 Å². The Kier molecular flexibility index (Phi) is 5.42.